The Morgan fingerprint density at radius 1 is 0.889 bits per heavy atom. The summed E-state index contributed by atoms with van der Waals surface area (Å²) < 4.78 is 0. The summed E-state index contributed by atoms with van der Waals surface area (Å²) in [5, 5.41) is 2.83. The second-order valence-electron chi connectivity index (χ2n) is 7.38. The predicted octanol–water partition coefficient (Wildman–Crippen LogP) is 3.25. The molecule has 0 unspecified atom stereocenters. The highest BCUT2D eigenvalue weighted by Crippen LogP contribution is 2.53. The van der Waals surface area contributed by atoms with Gasteiger partial charge in [0.15, 0.2) is 0 Å². The molecule has 1 aliphatic heterocycles. The number of allylic oxidation sites excluding steroid dienone is 2. The Kier molecular flexibility index (Phi) is 3.50. The van der Waals surface area contributed by atoms with Gasteiger partial charge >= 0.3 is 0 Å². The lowest BCUT2D eigenvalue weighted by molar-refractivity contribution is -0.123. The molecule has 1 saturated carbocycles. The molecule has 4 atom stereocenters. The zero-order valence-electron chi connectivity index (χ0n) is 14.5. The molecule has 5 heteroatoms. The highest BCUT2D eigenvalue weighted by molar-refractivity contribution is 6.23. The van der Waals surface area contributed by atoms with Gasteiger partial charge in [-0.25, -0.2) is 4.90 Å². The van der Waals surface area contributed by atoms with Crippen molar-refractivity contribution in [1.82, 2.24) is 0 Å². The number of imide groups is 1. The monoisotopic (exact) mass is 358 g/mol. The summed E-state index contributed by atoms with van der Waals surface area (Å²) in [5.41, 5.74) is 1.62. The normalized spacial score (nSPS) is 27.9. The number of fused-ring (bicyclic) bond motifs is 5. The fourth-order valence-corrected chi connectivity index (χ4v) is 4.67. The molecule has 0 spiro atoms. The molecule has 3 aliphatic rings. The number of anilines is 2. The quantitative estimate of drug-likeness (QED) is 0.677. The van der Waals surface area contributed by atoms with E-state index in [1.165, 1.54) is 4.90 Å². The van der Waals surface area contributed by atoms with E-state index >= 15 is 0 Å². The van der Waals surface area contributed by atoms with Crippen molar-refractivity contribution in [2.75, 3.05) is 10.2 Å². The highest BCUT2D eigenvalue weighted by atomic mass is 16.2. The number of amides is 3. The molecule has 27 heavy (non-hydrogen) atoms. The van der Waals surface area contributed by atoms with Crippen LogP contribution in [0.25, 0.3) is 0 Å². The molecule has 2 aromatic carbocycles. The molecule has 2 bridgehead atoms. The van der Waals surface area contributed by atoms with Crippen LogP contribution < -0.4 is 10.2 Å². The zero-order chi connectivity index (χ0) is 18.5. The van der Waals surface area contributed by atoms with Gasteiger partial charge in [-0.1, -0.05) is 36.4 Å². The number of rotatable bonds is 3. The Balaban J connectivity index is 1.41. The molecule has 1 saturated heterocycles. The molecular formula is C22H18N2O3. The van der Waals surface area contributed by atoms with Crippen LogP contribution in [0.15, 0.2) is 66.7 Å². The fraction of sp³-hybridized carbons (Fsp3) is 0.227. The first kappa shape index (κ1) is 16.0. The van der Waals surface area contributed by atoms with E-state index in [0.29, 0.717) is 16.9 Å². The summed E-state index contributed by atoms with van der Waals surface area (Å²) in [4.78, 5) is 39.5. The van der Waals surface area contributed by atoms with Crippen LogP contribution in [0.5, 0.6) is 0 Å². The van der Waals surface area contributed by atoms with E-state index in [1.54, 1.807) is 48.5 Å². The fourth-order valence-electron chi connectivity index (χ4n) is 4.67. The highest BCUT2D eigenvalue weighted by Gasteiger charge is 2.59. The minimum Gasteiger partial charge on any atom is -0.322 e. The van der Waals surface area contributed by atoms with Crippen LogP contribution in [0, 0.1) is 23.7 Å². The first-order valence-electron chi connectivity index (χ1n) is 9.16. The summed E-state index contributed by atoms with van der Waals surface area (Å²) >= 11 is 0. The first-order chi connectivity index (χ1) is 13.1. The SMILES string of the molecule is O=C(Nc1cccc(N2C(=O)[C@@H]3[C@@H](C2=O)[C@@H]2C=C[C@@H]3C2)c1)c1ccccc1. The van der Waals surface area contributed by atoms with Crippen molar-refractivity contribution >= 4 is 29.1 Å². The molecule has 5 rings (SSSR count). The average Bonchev–Trinajstić information content (AvgIpc) is 3.36. The van der Waals surface area contributed by atoms with E-state index < -0.39 is 0 Å². The lowest BCUT2D eigenvalue weighted by Gasteiger charge is -2.18. The summed E-state index contributed by atoms with van der Waals surface area (Å²) in [6.07, 6.45) is 5.07. The number of hydrogen-bond donors (Lipinski definition) is 1. The summed E-state index contributed by atoms with van der Waals surface area (Å²) in [6, 6.07) is 15.8. The van der Waals surface area contributed by atoms with E-state index in [1.807, 2.05) is 6.07 Å². The van der Waals surface area contributed by atoms with Gasteiger partial charge in [-0.05, 0) is 48.6 Å². The van der Waals surface area contributed by atoms with Gasteiger partial charge in [0, 0.05) is 11.3 Å². The maximum absolute atomic E-state index is 12.9. The van der Waals surface area contributed by atoms with Crippen LogP contribution in [0.3, 0.4) is 0 Å². The summed E-state index contributed by atoms with van der Waals surface area (Å²) in [5.74, 6) is -0.553. The van der Waals surface area contributed by atoms with E-state index in [-0.39, 0.29) is 41.4 Å². The smallest absolute Gasteiger partial charge is 0.255 e. The predicted molar refractivity (Wildman–Crippen MR) is 101 cm³/mol. The number of carbonyl (C=O) groups is 3. The Morgan fingerprint density at radius 2 is 1.56 bits per heavy atom. The number of benzene rings is 2. The van der Waals surface area contributed by atoms with Gasteiger partial charge < -0.3 is 5.32 Å². The molecule has 2 fully saturated rings. The Bertz CT molecular complexity index is 952. The van der Waals surface area contributed by atoms with Crippen molar-refractivity contribution in [3.63, 3.8) is 0 Å². The minimum atomic E-state index is -0.231. The molecule has 2 aromatic rings. The van der Waals surface area contributed by atoms with Crippen molar-refractivity contribution < 1.29 is 14.4 Å². The molecule has 0 aromatic heterocycles. The van der Waals surface area contributed by atoms with E-state index in [0.717, 1.165) is 6.42 Å². The topological polar surface area (TPSA) is 66.5 Å². The van der Waals surface area contributed by atoms with Crippen molar-refractivity contribution in [2.45, 2.75) is 6.42 Å². The number of nitrogens with one attached hydrogen (secondary N) is 1. The molecule has 5 nitrogen and oxygen atoms in total. The van der Waals surface area contributed by atoms with E-state index in [4.69, 9.17) is 0 Å². The van der Waals surface area contributed by atoms with Gasteiger partial charge in [-0.15, -0.1) is 0 Å². The number of nitrogens with zero attached hydrogens (tertiary/aromatic N) is 1. The van der Waals surface area contributed by atoms with Crippen LogP contribution in [-0.2, 0) is 9.59 Å². The lowest BCUT2D eigenvalue weighted by atomic mass is 9.85. The zero-order valence-corrected chi connectivity index (χ0v) is 14.5. The molecule has 1 N–H and O–H groups in total. The lowest BCUT2D eigenvalue weighted by Crippen LogP contribution is -2.32. The summed E-state index contributed by atoms with van der Waals surface area (Å²) in [6.45, 7) is 0. The second-order valence-corrected chi connectivity index (χ2v) is 7.38. The third kappa shape index (κ3) is 2.42. The van der Waals surface area contributed by atoms with Crippen LogP contribution >= 0.6 is 0 Å². The molecule has 1 heterocycles. The van der Waals surface area contributed by atoms with Gasteiger partial charge in [0.25, 0.3) is 5.91 Å². The molecule has 2 aliphatic carbocycles. The maximum atomic E-state index is 12.9. The minimum absolute atomic E-state index is 0.117. The molecule has 134 valence electrons. The van der Waals surface area contributed by atoms with Crippen LogP contribution in [-0.4, -0.2) is 17.7 Å². The largest absolute Gasteiger partial charge is 0.322 e. The van der Waals surface area contributed by atoms with Gasteiger partial charge in [0.2, 0.25) is 11.8 Å². The Hall–Kier alpha value is -3.21. The number of hydrogen-bond acceptors (Lipinski definition) is 3. The first-order valence-corrected chi connectivity index (χ1v) is 9.16. The summed E-state index contributed by atoms with van der Waals surface area (Å²) in [7, 11) is 0. The van der Waals surface area contributed by atoms with E-state index in [9.17, 15) is 14.4 Å². The third-order valence-electron chi connectivity index (χ3n) is 5.87. The van der Waals surface area contributed by atoms with Crippen LogP contribution in [0.1, 0.15) is 16.8 Å². The van der Waals surface area contributed by atoms with Gasteiger partial charge in [0.05, 0.1) is 17.5 Å². The Labute approximate surface area is 156 Å². The van der Waals surface area contributed by atoms with Gasteiger partial charge in [-0.2, -0.15) is 0 Å². The standard InChI is InChI=1S/C22H18N2O3/c25-20(13-5-2-1-3-6-13)23-16-7-4-8-17(12-16)24-21(26)18-14-9-10-15(11-14)19(18)22(24)27/h1-10,12,14-15,18-19H,11H2,(H,23,25)/t14-,15-,18+,19+/m1/s1. The molecule has 0 radical (unpaired) electrons. The van der Waals surface area contributed by atoms with Gasteiger partial charge in [-0.3, -0.25) is 14.4 Å². The van der Waals surface area contributed by atoms with E-state index in [2.05, 4.69) is 17.5 Å². The van der Waals surface area contributed by atoms with Gasteiger partial charge in [0.1, 0.15) is 0 Å². The van der Waals surface area contributed by atoms with Crippen LogP contribution in [0.2, 0.25) is 0 Å². The second kappa shape index (κ2) is 5.91. The molecular weight excluding hydrogens is 340 g/mol. The average molecular weight is 358 g/mol. The van der Waals surface area contributed by atoms with Crippen LogP contribution in [0.4, 0.5) is 11.4 Å². The number of carbonyl (C=O) groups excluding carboxylic acids is 3. The van der Waals surface area contributed by atoms with Crippen molar-refractivity contribution in [3.8, 4) is 0 Å². The molecule has 3 amide bonds. The van der Waals surface area contributed by atoms with Crippen molar-refractivity contribution in [2.24, 2.45) is 23.7 Å². The van der Waals surface area contributed by atoms with Crippen molar-refractivity contribution in [1.29, 1.82) is 0 Å². The maximum Gasteiger partial charge on any atom is 0.255 e. The third-order valence-corrected chi connectivity index (χ3v) is 5.87. The Morgan fingerprint density at radius 3 is 2.22 bits per heavy atom. The van der Waals surface area contributed by atoms with Crippen molar-refractivity contribution in [3.05, 3.63) is 72.3 Å².